The SMILES string of the molecule is CCc1ccc2oc(-c3ccc(Cn4cnnc4)cc3)nc2c1. The van der Waals surface area contributed by atoms with E-state index in [0.717, 1.165) is 29.6 Å². The molecule has 2 heterocycles. The largest absolute Gasteiger partial charge is 0.436 e. The van der Waals surface area contributed by atoms with Crippen LogP contribution >= 0.6 is 0 Å². The maximum atomic E-state index is 5.86. The molecule has 0 bridgehead atoms. The smallest absolute Gasteiger partial charge is 0.227 e. The molecule has 0 fully saturated rings. The molecule has 5 heteroatoms. The van der Waals surface area contributed by atoms with Gasteiger partial charge in [-0.1, -0.05) is 25.1 Å². The van der Waals surface area contributed by atoms with E-state index in [4.69, 9.17) is 4.42 Å². The molecule has 0 atom stereocenters. The van der Waals surface area contributed by atoms with Crippen LogP contribution in [-0.2, 0) is 13.0 Å². The van der Waals surface area contributed by atoms with E-state index in [9.17, 15) is 0 Å². The first-order chi connectivity index (χ1) is 11.3. The first-order valence-electron chi connectivity index (χ1n) is 7.63. The van der Waals surface area contributed by atoms with Crippen LogP contribution in [0.4, 0.5) is 0 Å². The summed E-state index contributed by atoms with van der Waals surface area (Å²) < 4.78 is 7.79. The van der Waals surface area contributed by atoms with Gasteiger partial charge in [-0.25, -0.2) is 4.98 Å². The zero-order chi connectivity index (χ0) is 15.6. The zero-order valence-corrected chi connectivity index (χ0v) is 12.8. The third kappa shape index (κ3) is 2.73. The number of aryl methyl sites for hydroxylation is 1. The molecule has 0 amide bonds. The van der Waals surface area contributed by atoms with Gasteiger partial charge in [0, 0.05) is 12.1 Å². The third-order valence-electron chi connectivity index (χ3n) is 3.89. The molecule has 0 saturated heterocycles. The van der Waals surface area contributed by atoms with E-state index >= 15 is 0 Å². The quantitative estimate of drug-likeness (QED) is 0.577. The van der Waals surface area contributed by atoms with Crippen LogP contribution in [-0.4, -0.2) is 19.7 Å². The van der Waals surface area contributed by atoms with Gasteiger partial charge in [0.2, 0.25) is 5.89 Å². The average molecular weight is 304 g/mol. The van der Waals surface area contributed by atoms with Crippen molar-refractivity contribution in [3.8, 4) is 11.5 Å². The predicted octanol–water partition coefficient (Wildman–Crippen LogP) is 3.70. The Morgan fingerprint density at radius 1 is 0.957 bits per heavy atom. The van der Waals surface area contributed by atoms with Crippen molar-refractivity contribution in [2.24, 2.45) is 0 Å². The molecule has 23 heavy (non-hydrogen) atoms. The van der Waals surface area contributed by atoms with Crippen LogP contribution < -0.4 is 0 Å². The Kier molecular flexibility index (Phi) is 3.38. The summed E-state index contributed by atoms with van der Waals surface area (Å²) in [6.07, 6.45) is 4.41. The van der Waals surface area contributed by atoms with Crippen LogP contribution in [0.1, 0.15) is 18.1 Å². The van der Waals surface area contributed by atoms with Gasteiger partial charge in [-0.15, -0.1) is 10.2 Å². The van der Waals surface area contributed by atoms with Crippen LogP contribution in [0.15, 0.2) is 59.5 Å². The molecule has 0 N–H and O–H groups in total. The fourth-order valence-corrected chi connectivity index (χ4v) is 2.58. The molecule has 0 aliphatic heterocycles. The van der Waals surface area contributed by atoms with Gasteiger partial charge in [-0.05, 0) is 41.8 Å². The van der Waals surface area contributed by atoms with Crippen LogP contribution in [0.5, 0.6) is 0 Å². The van der Waals surface area contributed by atoms with Gasteiger partial charge in [0.15, 0.2) is 5.58 Å². The summed E-state index contributed by atoms with van der Waals surface area (Å²) in [6, 6.07) is 14.4. The van der Waals surface area contributed by atoms with E-state index < -0.39 is 0 Å². The fraction of sp³-hybridized carbons (Fsp3) is 0.167. The van der Waals surface area contributed by atoms with E-state index in [2.05, 4.69) is 46.4 Å². The Bertz CT molecular complexity index is 923. The first-order valence-corrected chi connectivity index (χ1v) is 7.63. The van der Waals surface area contributed by atoms with Crippen molar-refractivity contribution in [2.75, 3.05) is 0 Å². The van der Waals surface area contributed by atoms with Gasteiger partial charge in [0.1, 0.15) is 18.2 Å². The van der Waals surface area contributed by atoms with Gasteiger partial charge < -0.3 is 8.98 Å². The van der Waals surface area contributed by atoms with Crippen LogP contribution in [0.2, 0.25) is 0 Å². The molecule has 114 valence electrons. The van der Waals surface area contributed by atoms with Gasteiger partial charge in [-0.2, -0.15) is 0 Å². The number of aromatic nitrogens is 4. The molecule has 0 unspecified atom stereocenters. The second-order valence-corrected chi connectivity index (χ2v) is 5.51. The summed E-state index contributed by atoms with van der Waals surface area (Å²) >= 11 is 0. The van der Waals surface area contributed by atoms with E-state index in [1.54, 1.807) is 12.7 Å². The van der Waals surface area contributed by atoms with E-state index in [1.807, 2.05) is 22.8 Å². The van der Waals surface area contributed by atoms with Gasteiger partial charge >= 0.3 is 0 Å². The van der Waals surface area contributed by atoms with Gasteiger partial charge in [0.25, 0.3) is 0 Å². The van der Waals surface area contributed by atoms with Gasteiger partial charge in [-0.3, -0.25) is 0 Å². The standard InChI is InChI=1S/C18H16N4O/c1-2-13-5-8-17-16(9-13)21-18(23-17)15-6-3-14(4-7-15)10-22-11-19-20-12-22/h3-9,11-12H,2,10H2,1H3. The number of oxazole rings is 1. The lowest BCUT2D eigenvalue weighted by atomic mass is 10.1. The second-order valence-electron chi connectivity index (χ2n) is 5.51. The highest BCUT2D eigenvalue weighted by molar-refractivity contribution is 5.76. The first kappa shape index (κ1) is 13.7. The van der Waals surface area contributed by atoms with Crippen LogP contribution in [0.3, 0.4) is 0 Å². The van der Waals surface area contributed by atoms with E-state index in [0.29, 0.717) is 5.89 Å². The number of rotatable bonds is 4. The molecular weight excluding hydrogens is 288 g/mol. The Morgan fingerprint density at radius 3 is 2.43 bits per heavy atom. The second kappa shape index (κ2) is 5.68. The molecule has 4 aromatic rings. The molecule has 0 spiro atoms. The van der Waals surface area contributed by atoms with Crippen molar-refractivity contribution in [3.63, 3.8) is 0 Å². The molecule has 0 saturated carbocycles. The van der Waals surface area contributed by atoms with Crippen molar-refractivity contribution in [2.45, 2.75) is 19.9 Å². The lowest BCUT2D eigenvalue weighted by molar-refractivity contribution is 0.619. The minimum Gasteiger partial charge on any atom is -0.436 e. The lowest BCUT2D eigenvalue weighted by Crippen LogP contribution is -1.96. The Balaban J connectivity index is 1.62. The Hall–Kier alpha value is -2.95. The number of benzene rings is 2. The molecule has 0 aliphatic carbocycles. The monoisotopic (exact) mass is 304 g/mol. The van der Waals surface area contributed by atoms with Crippen molar-refractivity contribution in [1.82, 2.24) is 19.7 Å². The summed E-state index contributed by atoms with van der Waals surface area (Å²) in [5, 5.41) is 7.62. The fourth-order valence-electron chi connectivity index (χ4n) is 2.58. The zero-order valence-electron chi connectivity index (χ0n) is 12.8. The number of hydrogen-bond donors (Lipinski definition) is 0. The molecule has 4 rings (SSSR count). The highest BCUT2D eigenvalue weighted by atomic mass is 16.3. The maximum Gasteiger partial charge on any atom is 0.227 e. The normalized spacial score (nSPS) is 11.2. The average Bonchev–Trinajstić information content (AvgIpc) is 3.24. The van der Waals surface area contributed by atoms with Crippen molar-refractivity contribution < 1.29 is 4.42 Å². The van der Waals surface area contributed by atoms with Crippen LogP contribution in [0.25, 0.3) is 22.6 Å². The van der Waals surface area contributed by atoms with Gasteiger partial charge in [0.05, 0.1) is 0 Å². The molecule has 2 aromatic carbocycles. The number of fused-ring (bicyclic) bond motifs is 1. The molecule has 0 aliphatic rings. The Morgan fingerprint density at radius 2 is 1.70 bits per heavy atom. The highest BCUT2D eigenvalue weighted by Crippen LogP contribution is 2.25. The summed E-state index contributed by atoms with van der Waals surface area (Å²) in [7, 11) is 0. The van der Waals surface area contributed by atoms with Crippen molar-refractivity contribution in [1.29, 1.82) is 0 Å². The molecule has 5 nitrogen and oxygen atoms in total. The topological polar surface area (TPSA) is 56.7 Å². The minimum absolute atomic E-state index is 0.657. The van der Waals surface area contributed by atoms with Crippen molar-refractivity contribution >= 4 is 11.1 Å². The summed E-state index contributed by atoms with van der Waals surface area (Å²) in [4.78, 5) is 4.61. The van der Waals surface area contributed by atoms with E-state index in [1.165, 1.54) is 11.1 Å². The third-order valence-corrected chi connectivity index (χ3v) is 3.89. The summed E-state index contributed by atoms with van der Waals surface area (Å²) in [6.45, 7) is 2.89. The summed E-state index contributed by atoms with van der Waals surface area (Å²) in [5.41, 5.74) is 5.16. The minimum atomic E-state index is 0.657. The van der Waals surface area contributed by atoms with Crippen molar-refractivity contribution in [3.05, 3.63) is 66.2 Å². The lowest BCUT2D eigenvalue weighted by Gasteiger charge is -2.02. The molecular formula is C18H16N4O. The molecule has 2 aromatic heterocycles. The molecule has 0 radical (unpaired) electrons. The Labute approximate surface area is 133 Å². The predicted molar refractivity (Wildman–Crippen MR) is 87.9 cm³/mol. The van der Waals surface area contributed by atoms with E-state index in [-0.39, 0.29) is 0 Å². The maximum absolute atomic E-state index is 5.86. The number of hydrogen-bond acceptors (Lipinski definition) is 4. The highest BCUT2D eigenvalue weighted by Gasteiger charge is 2.08. The summed E-state index contributed by atoms with van der Waals surface area (Å²) in [5.74, 6) is 0.657. The number of nitrogens with zero attached hydrogens (tertiary/aromatic N) is 4. The van der Waals surface area contributed by atoms with Crippen LogP contribution in [0, 0.1) is 0 Å².